The molecule has 2 rings (SSSR count). The van der Waals surface area contributed by atoms with Gasteiger partial charge in [-0.1, -0.05) is 33.1 Å². The Morgan fingerprint density at radius 1 is 1.27 bits per heavy atom. The lowest BCUT2D eigenvalue weighted by atomic mass is 9.69. The lowest BCUT2D eigenvalue weighted by Crippen LogP contribution is -2.50. The third-order valence-corrected chi connectivity index (χ3v) is 6.43. The van der Waals surface area contributed by atoms with Crippen LogP contribution in [0.25, 0.3) is 0 Å². The topological polar surface area (TPSA) is 115 Å². The molecular weight excluding hydrogens is 330 g/mol. The summed E-state index contributed by atoms with van der Waals surface area (Å²) < 4.78 is 5.59. The lowest BCUT2D eigenvalue weighted by Gasteiger charge is -2.42. The summed E-state index contributed by atoms with van der Waals surface area (Å²) in [5, 5.41) is 7.09. The average Bonchev–Trinajstić information content (AvgIpc) is 2.68. The summed E-state index contributed by atoms with van der Waals surface area (Å²) in [5.74, 6) is 13.7. The van der Waals surface area contributed by atoms with E-state index in [2.05, 4.69) is 29.7 Å². The number of hydrazine groups is 1. The van der Waals surface area contributed by atoms with Gasteiger partial charge < -0.3 is 21.3 Å². The minimum atomic E-state index is -0.142. The van der Waals surface area contributed by atoms with E-state index in [9.17, 15) is 4.79 Å². The SMILES string of the molecule is CCC(CC)COC(=O)[C@@H]1CC2CC(CC/C(=N/N)NN)CCC2CN1. The van der Waals surface area contributed by atoms with E-state index >= 15 is 0 Å². The largest absolute Gasteiger partial charge is 0.464 e. The highest BCUT2D eigenvalue weighted by atomic mass is 16.5. The van der Waals surface area contributed by atoms with Crippen molar-refractivity contribution in [3.8, 4) is 0 Å². The lowest BCUT2D eigenvalue weighted by molar-refractivity contribution is -0.149. The molecule has 0 radical (unpaired) electrons. The smallest absolute Gasteiger partial charge is 0.323 e. The third kappa shape index (κ3) is 5.84. The van der Waals surface area contributed by atoms with Crippen molar-refractivity contribution in [2.75, 3.05) is 13.2 Å². The molecule has 3 unspecified atom stereocenters. The van der Waals surface area contributed by atoms with Crippen LogP contribution in [-0.2, 0) is 9.53 Å². The Morgan fingerprint density at radius 3 is 2.69 bits per heavy atom. The zero-order valence-corrected chi connectivity index (χ0v) is 16.4. The molecule has 1 saturated heterocycles. The van der Waals surface area contributed by atoms with Gasteiger partial charge in [-0.25, -0.2) is 5.84 Å². The monoisotopic (exact) mass is 367 g/mol. The summed E-state index contributed by atoms with van der Waals surface area (Å²) in [4.78, 5) is 12.4. The number of carbonyl (C=O) groups excluding carboxylic acids is 1. The third-order valence-electron chi connectivity index (χ3n) is 6.43. The van der Waals surface area contributed by atoms with Gasteiger partial charge in [-0.2, -0.15) is 5.10 Å². The van der Waals surface area contributed by atoms with Gasteiger partial charge in [0.2, 0.25) is 0 Å². The van der Waals surface area contributed by atoms with Crippen LogP contribution >= 0.6 is 0 Å². The minimum absolute atomic E-state index is 0.0673. The number of nitrogens with zero attached hydrogens (tertiary/aromatic N) is 1. The number of nitrogens with one attached hydrogen (secondary N) is 2. The van der Waals surface area contributed by atoms with Crippen LogP contribution in [0.1, 0.15) is 65.2 Å². The summed E-state index contributed by atoms with van der Waals surface area (Å²) in [6.45, 7) is 5.78. The number of nitrogens with two attached hydrogens (primary N) is 2. The van der Waals surface area contributed by atoms with Crippen LogP contribution in [-0.4, -0.2) is 31.0 Å². The molecule has 2 aliphatic rings. The molecule has 7 nitrogen and oxygen atoms in total. The predicted octanol–water partition coefficient (Wildman–Crippen LogP) is 1.88. The van der Waals surface area contributed by atoms with Gasteiger partial charge in [0.1, 0.15) is 11.9 Å². The van der Waals surface area contributed by atoms with Gasteiger partial charge in [-0.3, -0.25) is 4.79 Å². The van der Waals surface area contributed by atoms with Gasteiger partial charge in [0.15, 0.2) is 0 Å². The molecule has 1 heterocycles. The Bertz CT molecular complexity index is 467. The highest BCUT2D eigenvalue weighted by molar-refractivity contribution is 5.81. The second-order valence-corrected chi connectivity index (χ2v) is 7.97. The number of ether oxygens (including phenoxy) is 1. The van der Waals surface area contributed by atoms with Crippen LogP contribution in [0.15, 0.2) is 5.10 Å². The number of amidine groups is 1. The van der Waals surface area contributed by atoms with Crippen LogP contribution in [0.3, 0.4) is 0 Å². The molecule has 4 atom stereocenters. The Balaban J connectivity index is 1.80. The maximum Gasteiger partial charge on any atom is 0.323 e. The number of rotatable bonds is 8. The molecule has 150 valence electrons. The van der Waals surface area contributed by atoms with Crippen LogP contribution in [0.5, 0.6) is 0 Å². The van der Waals surface area contributed by atoms with Crippen molar-refractivity contribution in [1.29, 1.82) is 0 Å². The molecule has 1 aliphatic heterocycles. The second-order valence-electron chi connectivity index (χ2n) is 7.97. The predicted molar refractivity (Wildman–Crippen MR) is 104 cm³/mol. The molecule has 0 spiro atoms. The molecule has 1 saturated carbocycles. The number of hydrazone groups is 1. The fourth-order valence-corrected chi connectivity index (χ4v) is 4.44. The standard InChI is InChI=1S/C19H37N5O2/c1-3-13(4-2)12-26-19(25)17-10-16-9-14(5-7-15(16)11-22-17)6-8-18(23-20)24-21/h13-17,22H,3-12,20-21H2,1-2H3,(H,23,24)/t14?,15?,16?,17-/m0/s1. The molecule has 7 heteroatoms. The van der Waals surface area contributed by atoms with Crippen LogP contribution in [0.4, 0.5) is 0 Å². The van der Waals surface area contributed by atoms with Crippen molar-refractivity contribution >= 4 is 11.8 Å². The summed E-state index contributed by atoms with van der Waals surface area (Å²) in [5.41, 5.74) is 2.56. The number of hydrogen-bond donors (Lipinski definition) is 4. The number of piperidine rings is 1. The number of fused-ring (bicyclic) bond motifs is 1. The van der Waals surface area contributed by atoms with Crippen molar-refractivity contribution in [1.82, 2.24) is 10.7 Å². The minimum Gasteiger partial charge on any atom is -0.464 e. The molecule has 0 aromatic heterocycles. The van der Waals surface area contributed by atoms with Gasteiger partial charge >= 0.3 is 5.97 Å². The highest BCUT2D eigenvalue weighted by Gasteiger charge is 2.38. The van der Waals surface area contributed by atoms with Crippen LogP contribution in [0, 0.1) is 23.7 Å². The van der Waals surface area contributed by atoms with Gasteiger partial charge in [0.25, 0.3) is 0 Å². The van der Waals surface area contributed by atoms with Gasteiger partial charge in [0, 0.05) is 6.42 Å². The van der Waals surface area contributed by atoms with Crippen molar-refractivity contribution in [2.24, 2.45) is 40.5 Å². The Kier molecular flexibility index (Phi) is 8.65. The number of hydrogen-bond acceptors (Lipinski definition) is 6. The van der Waals surface area contributed by atoms with E-state index in [0.717, 1.165) is 38.6 Å². The summed E-state index contributed by atoms with van der Waals surface area (Å²) >= 11 is 0. The summed E-state index contributed by atoms with van der Waals surface area (Å²) in [7, 11) is 0. The Labute approximate surface area is 157 Å². The van der Waals surface area contributed by atoms with Gasteiger partial charge in [0.05, 0.1) is 6.61 Å². The van der Waals surface area contributed by atoms with Crippen molar-refractivity contribution in [3.05, 3.63) is 0 Å². The first kappa shape index (κ1) is 21.0. The first-order valence-electron chi connectivity index (χ1n) is 10.2. The van der Waals surface area contributed by atoms with Crippen molar-refractivity contribution in [2.45, 2.75) is 71.3 Å². The molecule has 2 fully saturated rings. The molecule has 0 aromatic carbocycles. The maximum absolute atomic E-state index is 12.4. The van der Waals surface area contributed by atoms with Gasteiger partial charge in [-0.15, -0.1) is 0 Å². The zero-order chi connectivity index (χ0) is 18.9. The fraction of sp³-hybridized carbons (Fsp3) is 0.895. The van der Waals surface area contributed by atoms with E-state index in [4.69, 9.17) is 16.4 Å². The Hall–Kier alpha value is -1.34. The van der Waals surface area contributed by atoms with E-state index in [1.54, 1.807) is 0 Å². The van der Waals surface area contributed by atoms with E-state index in [1.165, 1.54) is 19.3 Å². The second kappa shape index (κ2) is 10.7. The normalized spacial score (nSPS) is 29.3. The van der Waals surface area contributed by atoms with E-state index in [0.29, 0.717) is 36.1 Å². The van der Waals surface area contributed by atoms with E-state index in [1.807, 2.05) is 0 Å². The molecule has 0 bridgehead atoms. The first-order valence-corrected chi connectivity index (χ1v) is 10.2. The fourth-order valence-electron chi connectivity index (χ4n) is 4.44. The summed E-state index contributed by atoms with van der Waals surface area (Å²) in [6.07, 6.45) is 8.47. The average molecular weight is 368 g/mol. The van der Waals surface area contributed by atoms with Crippen LogP contribution < -0.4 is 22.4 Å². The van der Waals surface area contributed by atoms with Crippen LogP contribution in [0.2, 0.25) is 0 Å². The maximum atomic E-state index is 12.4. The summed E-state index contributed by atoms with van der Waals surface area (Å²) in [6, 6.07) is -0.142. The van der Waals surface area contributed by atoms with Crippen molar-refractivity contribution < 1.29 is 9.53 Å². The quantitative estimate of drug-likeness (QED) is 0.171. The highest BCUT2D eigenvalue weighted by Crippen LogP contribution is 2.40. The molecule has 26 heavy (non-hydrogen) atoms. The molecule has 1 aliphatic carbocycles. The zero-order valence-electron chi connectivity index (χ0n) is 16.4. The molecule has 0 amide bonds. The first-order chi connectivity index (χ1) is 12.6. The van der Waals surface area contributed by atoms with E-state index in [-0.39, 0.29) is 12.0 Å². The Morgan fingerprint density at radius 2 is 2.04 bits per heavy atom. The molecule has 0 aromatic rings. The number of esters is 1. The number of carbonyl (C=O) groups is 1. The van der Waals surface area contributed by atoms with E-state index < -0.39 is 0 Å². The molecular formula is C19H37N5O2. The molecule has 6 N–H and O–H groups in total. The van der Waals surface area contributed by atoms with Crippen molar-refractivity contribution in [3.63, 3.8) is 0 Å². The van der Waals surface area contributed by atoms with Gasteiger partial charge in [-0.05, 0) is 55.9 Å².